The summed E-state index contributed by atoms with van der Waals surface area (Å²) in [5, 5.41) is 0. The molecule has 0 aliphatic rings. The van der Waals surface area contributed by atoms with E-state index in [0.717, 1.165) is 18.4 Å². The van der Waals surface area contributed by atoms with Crippen LogP contribution in [0.2, 0.25) is 0 Å². The highest BCUT2D eigenvalue weighted by Gasteiger charge is 2.18. The number of hydrogen-bond donors (Lipinski definition) is 1. The number of unbranched alkanes of at least 4 members (excludes halogenated alkanes) is 2. The van der Waals surface area contributed by atoms with Gasteiger partial charge in [0.2, 0.25) is 10.0 Å². The van der Waals surface area contributed by atoms with Gasteiger partial charge in [0.25, 0.3) is 0 Å². The summed E-state index contributed by atoms with van der Waals surface area (Å²) < 4.78 is 33.1. The van der Waals surface area contributed by atoms with Crippen molar-refractivity contribution in [3.63, 3.8) is 0 Å². The number of aryl methyl sites for hydroxylation is 1. The van der Waals surface area contributed by atoms with Crippen molar-refractivity contribution >= 4 is 10.0 Å². The Kier molecular flexibility index (Phi) is 7.02. The molecule has 0 aliphatic carbocycles. The highest BCUT2D eigenvalue weighted by Crippen LogP contribution is 2.21. The van der Waals surface area contributed by atoms with Crippen LogP contribution >= 0.6 is 0 Å². The Balaban J connectivity index is 2.07. The number of methoxy groups -OCH3 is 1. The lowest BCUT2D eigenvalue weighted by atomic mass is 10.1. The van der Waals surface area contributed by atoms with Crippen LogP contribution in [0.5, 0.6) is 5.75 Å². The Hall–Kier alpha value is -1.85. The van der Waals surface area contributed by atoms with Crippen LogP contribution < -0.4 is 9.46 Å². The lowest BCUT2D eigenvalue weighted by molar-refractivity contribution is 0.413. The Labute approximate surface area is 151 Å². The molecule has 2 rings (SSSR count). The van der Waals surface area contributed by atoms with Gasteiger partial charge in [-0.25, -0.2) is 13.1 Å². The van der Waals surface area contributed by atoms with Gasteiger partial charge in [-0.2, -0.15) is 0 Å². The molecule has 0 saturated carbocycles. The van der Waals surface area contributed by atoms with E-state index in [9.17, 15) is 8.42 Å². The number of ether oxygens (including phenoxy) is 1. The lowest BCUT2D eigenvalue weighted by Gasteiger charge is -2.15. The number of nitrogens with one attached hydrogen (secondary N) is 1. The highest BCUT2D eigenvalue weighted by atomic mass is 32.2. The molecular weight excluding hydrogens is 334 g/mol. The first-order valence-electron chi connectivity index (χ1n) is 8.71. The summed E-state index contributed by atoms with van der Waals surface area (Å²) in [4.78, 5) is 0.293. The SMILES string of the molecule is CCCCCc1ccc(S(=O)(=O)NC(C)c2cccc(OC)c2)cc1. The van der Waals surface area contributed by atoms with Crippen LogP contribution in [-0.4, -0.2) is 15.5 Å². The topological polar surface area (TPSA) is 55.4 Å². The quantitative estimate of drug-likeness (QED) is 0.671. The maximum absolute atomic E-state index is 12.6. The molecular formula is C20H27NO3S. The largest absolute Gasteiger partial charge is 0.497 e. The van der Waals surface area contributed by atoms with Gasteiger partial charge in [-0.05, 0) is 55.2 Å². The van der Waals surface area contributed by atoms with E-state index in [2.05, 4.69) is 11.6 Å². The number of hydrogen-bond acceptors (Lipinski definition) is 3. The van der Waals surface area contributed by atoms with Crippen molar-refractivity contribution in [1.29, 1.82) is 0 Å². The molecule has 0 spiro atoms. The minimum absolute atomic E-state index is 0.293. The highest BCUT2D eigenvalue weighted by molar-refractivity contribution is 7.89. The van der Waals surface area contributed by atoms with Crippen LogP contribution in [0.3, 0.4) is 0 Å². The summed E-state index contributed by atoms with van der Waals surface area (Å²) in [7, 11) is -1.97. The van der Waals surface area contributed by atoms with Gasteiger partial charge in [0.15, 0.2) is 0 Å². The van der Waals surface area contributed by atoms with E-state index in [-0.39, 0.29) is 6.04 Å². The molecule has 0 heterocycles. The standard InChI is InChI=1S/C20H27NO3S/c1-4-5-6-8-17-11-13-20(14-12-17)25(22,23)21-16(2)18-9-7-10-19(15-18)24-3/h7,9-16,21H,4-6,8H2,1-3H3. The number of benzene rings is 2. The van der Waals surface area contributed by atoms with Crippen LogP contribution in [0.15, 0.2) is 53.4 Å². The zero-order valence-electron chi connectivity index (χ0n) is 15.2. The molecule has 2 aromatic rings. The Morgan fingerprint density at radius 2 is 1.80 bits per heavy atom. The third-order valence-electron chi connectivity index (χ3n) is 4.23. The minimum atomic E-state index is -3.56. The van der Waals surface area contributed by atoms with Crippen molar-refractivity contribution in [2.45, 2.75) is 50.5 Å². The van der Waals surface area contributed by atoms with Crippen LogP contribution in [0.4, 0.5) is 0 Å². The summed E-state index contributed by atoms with van der Waals surface area (Å²) in [6.45, 7) is 4.00. The molecule has 0 aliphatic heterocycles. The fourth-order valence-corrected chi connectivity index (χ4v) is 3.93. The van der Waals surface area contributed by atoms with E-state index in [0.29, 0.717) is 10.6 Å². The van der Waals surface area contributed by atoms with Gasteiger partial charge in [0.1, 0.15) is 5.75 Å². The van der Waals surface area contributed by atoms with Crippen molar-refractivity contribution in [2.24, 2.45) is 0 Å². The number of rotatable bonds is 9. The molecule has 25 heavy (non-hydrogen) atoms. The van der Waals surface area contributed by atoms with Gasteiger partial charge in [0.05, 0.1) is 12.0 Å². The molecule has 0 fully saturated rings. The lowest BCUT2D eigenvalue weighted by Crippen LogP contribution is -2.26. The normalized spacial score (nSPS) is 12.8. The second kappa shape index (κ2) is 9.02. The maximum Gasteiger partial charge on any atom is 0.241 e. The van der Waals surface area contributed by atoms with Crippen molar-refractivity contribution in [2.75, 3.05) is 7.11 Å². The van der Waals surface area contributed by atoms with Crippen molar-refractivity contribution < 1.29 is 13.2 Å². The summed E-state index contributed by atoms with van der Waals surface area (Å²) >= 11 is 0. The second-order valence-corrected chi connectivity index (χ2v) is 7.93. The average molecular weight is 362 g/mol. The van der Waals surface area contributed by atoms with E-state index in [1.54, 1.807) is 19.2 Å². The van der Waals surface area contributed by atoms with Gasteiger partial charge in [-0.1, -0.05) is 44.0 Å². The van der Waals surface area contributed by atoms with E-state index >= 15 is 0 Å². The first-order valence-corrected chi connectivity index (χ1v) is 10.2. The molecule has 0 amide bonds. The fraction of sp³-hybridized carbons (Fsp3) is 0.400. The van der Waals surface area contributed by atoms with E-state index < -0.39 is 10.0 Å². The second-order valence-electron chi connectivity index (χ2n) is 6.22. The van der Waals surface area contributed by atoms with E-state index in [4.69, 9.17) is 4.74 Å². The summed E-state index contributed by atoms with van der Waals surface area (Å²) in [6, 6.07) is 14.2. The number of sulfonamides is 1. The first kappa shape index (κ1) is 19.5. The predicted octanol–water partition coefficient (Wildman–Crippen LogP) is 4.47. The van der Waals surface area contributed by atoms with Gasteiger partial charge in [-0.3, -0.25) is 0 Å². The monoisotopic (exact) mass is 361 g/mol. The molecule has 2 aromatic carbocycles. The Morgan fingerprint density at radius 1 is 1.08 bits per heavy atom. The van der Waals surface area contributed by atoms with Gasteiger partial charge in [0, 0.05) is 6.04 Å². The van der Waals surface area contributed by atoms with Gasteiger partial charge < -0.3 is 4.74 Å². The third kappa shape index (κ3) is 5.58. The van der Waals surface area contributed by atoms with E-state index in [1.807, 2.05) is 43.3 Å². The molecule has 5 heteroatoms. The maximum atomic E-state index is 12.6. The molecule has 1 unspecified atom stereocenters. The average Bonchev–Trinajstić information content (AvgIpc) is 2.62. The molecule has 4 nitrogen and oxygen atoms in total. The Bertz CT molecular complexity index is 770. The van der Waals surface area contributed by atoms with Gasteiger partial charge in [-0.15, -0.1) is 0 Å². The molecule has 0 aromatic heterocycles. The minimum Gasteiger partial charge on any atom is -0.497 e. The molecule has 0 bridgehead atoms. The summed E-state index contributed by atoms with van der Waals surface area (Å²) in [5.74, 6) is 0.708. The summed E-state index contributed by atoms with van der Waals surface area (Å²) in [5.41, 5.74) is 2.03. The first-order chi connectivity index (χ1) is 12.0. The van der Waals surface area contributed by atoms with Crippen LogP contribution in [0, 0.1) is 0 Å². The zero-order chi connectivity index (χ0) is 18.3. The van der Waals surface area contributed by atoms with Crippen LogP contribution in [0.25, 0.3) is 0 Å². The Morgan fingerprint density at radius 3 is 2.44 bits per heavy atom. The molecule has 0 saturated heterocycles. The van der Waals surface area contributed by atoms with E-state index in [1.165, 1.54) is 18.4 Å². The molecule has 1 atom stereocenters. The predicted molar refractivity (Wildman–Crippen MR) is 101 cm³/mol. The van der Waals surface area contributed by atoms with Crippen molar-refractivity contribution in [3.8, 4) is 5.75 Å². The van der Waals surface area contributed by atoms with Gasteiger partial charge >= 0.3 is 0 Å². The summed E-state index contributed by atoms with van der Waals surface area (Å²) in [6.07, 6.45) is 4.49. The van der Waals surface area contributed by atoms with Crippen LogP contribution in [-0.2, 0) is 16.4 Å². The van der Waals surface area contributed by atoms with Crippen LogP contribution in [0.1, 0.15) is 50.3 Å². The smallest absolute Gasteiger partial charge is 0.241 e. The molecule has 1 N–H and O–H groups in total. The van der Waals surface area contributed by atoms with Crippen molar-refractivity contribution in [3.05, 3.63) is 59.7 Å². The fourth-order valence-electron chi connectivity index (χ4n) is 2.69. The zero-order valence-corrected chi connectivity index (χ0v) is 16.0. The molecule has 136 valence electrons. The molecule has 0 radical (unpaired) electrons. The van der Waals surface area contributed by atoms with Crippen molar-refractivity contribution in [1.82, 2.24) is 4.72 Å². The third-order valence-corrected chi connectivity index (χ3v) is 5.79.